The molecule has 0 amide bonds. The van der Waals surface area contributed by atoms with Gasteiger partial charge in [-0.1, -0.05) is 11.6 Å². The van der Waals surface area contributed by atoms with E-state index in [2.05, 4.69) is 4.98 Å². The molecule has 0 radical (unpaired) electrons. The summed E-state index contributed by atoms with van der Waals surface area (Å²) in [5, 5.41) is 0.202. The summed E-state index contributed by atoms with van der Waals surface area (Å²) in [5.41, 5.74) is 5.77. The van der Waals surface area contributed by atoms with Crippen LogP contribution in [0.4, 0.5) is 5.69 Å². The van der Waals surface area contributed by atoms with Crippen LogP contribution in [0.5, 0.6) is 0 Å². The van der Waals surface area contributed by atoms with Gasteiger partial charge in [0.25, 0.3) is 0 Å². The molecule has 0 aromatic carbocycles. The van der Waals surface area contributed by atoms with Crippen molar-refractivity contribution in [2.75, 3.05) is 19.5 Å². The molecule has 0 unspecified atom stereocenters. The molecule has 0 bridgehead atoms. The lowest BCUT2D eigenvalue weighted by molar-refractivity contribution is -0.00560. The van der Waals surface area contributed by atoms with E-state index in [1.807, 2.05) is 13.8 Å². The van der Waals surface area contributed by atoms with Crippen molar-refractivity contribution in [2.24, 2.45) is 0 Å². The van der Waals surface area contributed by atoms with Crippen molar-refractivity contribution < 1.29 is 14.3 Å². The van der Waals surface area contributed by atoms with E-state index in [4.69, 9.17) is 26.8 Å². The van der Waals surface area contributed by atoms with Crippen LogP contribution in [-0.2, 0) is 9.47 Å². The Kier molecular flexibility index (Phi) is 4.93. The molecule has 1 aromatic heterocycles. The van der Waals surface area contributed by atoms with Crippen molar-refractivity contribution >= 4 is 23.3 Å². The first-order chi connectivity index (χ1) is 8.35. The van der Waals surface area contributed by atoms with Gasteiger partial charge < -0.3 is 15.2 Å². The van der Waals surface area contributed by atoms with E-state index in [1.165, 1.54) is 12.3 Å². The maximum atomic E-state index is 11.8. The van der Waals surface area contributed by atoms with Gasteiger partial charge in [0.2, 0.25) is 0 Å². The van der Waals surface area contributed by atoms with Crippen LogP contribution in [0.15, 0.2) is 12.3 Å². The Hall–Kier alpha value is -1.33. The summed E-state index contributed by atoms with van der Waals surface area (Å²) >= 11 is 5.70. The van der Waals surface area contributed by atoms with E-state index in [0.717, 1.165) is 0 Å². The predicted octanol–water partition coefficient (Wildman–Crippen LogP) is 2.29. The second-order valence-electron chi connectivity index (χ2n) is 4.44. The number of methoxy groups -OCH3 is 1. The molecule has 6 heteroatoms. The van der Waals surface area contributed by atoms with Crippen LogP contribution in [-0.4, -0.2) is 30.3 Å². The quantitative estimate of drug-likeness (QED) is 0.657. The van der Waals surface area contributed by atoms with E-state index in [0.29, 0.717) is 6.42 Å². The Morgan fingerprint density at radius 2 is 2.22 bits per heavy atom. The number of nitrogen functional groups attached to an aromatic ring is 1. The number of anilines is 1. The van der Waals surface area contributed by atoms with Crippen LogP contribution in [0.1, 0.15) is 30.6 Å². The lowest BCUT2D eigenvalue weighted by atomic mass is 10.1. The van der Waals surface area contributed by atoms with E-state index < -0.39 is 5.97 Å². The zero-order chi connectivity index (χ0) is 13.8. The zero-order valence-corrected chi connectivity index (χ0v) is 11.5. The molecule has 0 saturated carbocycles. The normalized spacial score (nSPS) is 11.3. The number of rotatable bonds is 5. The summed E-state index contributed by atoms with van der Waals surface area (Å²) in [7, 11) is 1.61. The lowest BCUT2D eigenvalue weighted by Crippen LogP contribution is -2.25. The highest BCUT2D eigenvalue weighted by Crippen LogP contribution is 2.17. The highest BCUT2D eigenvalue weighted by atomic mass is 35.5. The molecule has 1 aromatic rings. The summed E-state index contributed by atoms with van der Waals surface area (Å²) in [4.78, 5) is 15.5. The summed E-state index contributed by atoms with van der Waals surface area (Å²) in [6.07, 6.45) is 1.92. The molecular formula is C12H17ClN2O3. The number of hydrogen-bond donors (Lipinski definition) is 1. The highest BCUT2D eigenvalue weighted by molar-refractivity contribution is 6.29. The van der Waals surface area contributed by atoms with Gasteiger partial charge in [-0.15, -0.1) is 0 Å². The number of carbonyl (C=O) groups is 1. The summed E-state index contributed by atoms with van der Waals surface area (Å²) in [6.45, 7) is 4.08. The zero-order valence-electron chi connectivity index (χ0n) is 10.7. The van der Waals surface area contributed by atoms with Crippen molar-refractivity contribution in [2.45, 2.75) is 25.9 Å². The van der Waals surface area contributed by atoms with Gasteiger partial charge in [-0.2, -0.15) is 0 Å². The largest absolute Gasteiger partial charge is 0.462 e. The second-order valence-corrected chi connectivity index (χ2v) is 4.83. The number of halogens is 1. The minimum atomic E-state index is -0.510. The molecular weight excluding hydrogens is 256 g/mol. The van der Waals surface area contributed by atoms with E-state index in [-0.39, 0.29) is 28.6 Å². The van der Waals surface area contributed by atoms with Crippen LogP contribution in [0.3, 0.4) is 0 Å². The lowest BCUT2D eigenvalue weighted by Gasteiger charge is -2.22. The Labute approximate surface area is 111 Å². The van der Waals surface area contributed by atoms with Crippen molar-refractivity contribution in [3.63, 3.8) is 0 Å². The fourth-order valence-corrected chi connectivity index (χ4v) is 1.34. The third kappa shape index (κ3) is 4.16. The number of pyridine rings is 1. The van der Waals surface area contributed by atoms with Crippen molar-refractivity contribution in [3.05, 3.63) is 23.0 Å². The monoisotopic (exact) mass is 272 g/mol. The van der Waals surface area contributed by atoms with Gasteiger partial charge in [0, 0.05) is 13.5 Å². The molecule has 0 saturated heterocycles. The number of hydrogen-bond acceptors (Lipinski definition) is 5. The van der Waals surface area contributed by atoms with Crippen LogP contribution in [0.2, 0.25) is 5.15 Å². The Morgan fingerprint density at radius 1 is 1.56 bits per heavy atom. The van der Waals surface area contributed by atoms with Crippen molar-refractivity contribution in [1.29, 1.82) is 0 Å². The molecule has 2 N–H and O–H groups in total. The van der Waals surface area contributed by atoms with Crippen molar-refractivity contribution in [1.82, 2.24) is 4.98 Å². The molecule has 5 nitrogen and oxygen atoms in total. The summed E-state index contributed by atoms with van der Waals surface area (Å²) < 4.78 is 10.3. The fraction of sp³-hybridized carbons (Fsp3) is 0.500. The van der Waals surface area contributed by atoms with Gasteiger partial charge in [0.15, 0.2) is 0 Å². The standard InChI is InChI=1S/C12H17ClN2O3/c1-12(2,17-3)4-5-18-11(16)8-6-10(13)15-7-9(8)14/h6-7H,4-5,14H2,1-3H3. The second kappa shape index (κ2) is 6.02. The first-order valence-electron chi connectivity index (χ1n) is 5.49. The third-order valence-corrected chi connectivity index (χ3v) is 2.82. The van der Waals surface area contributed by atoms with E-state index in [1.54, 1.807) is 7.11 Å². The Balaban J connectivity index is 2.58. The number of nitrogens with zero attached hydrogens (tertiary/aromatic N) is 1. The molecule has 0 atom stereocenters. The minimum absolute atomic E-state index is 0.202. The molecule has 0 aliphatic heterocycles. The smallest absolute Gasteiger partial charge is 0.340 e. The Morgan fingerprint density at radius 3 is 2.83 bits per heavy atom. The van der Waals surface area contributed by atoms with Gasteiger partial charge in [-0.05, 0) is 19.9 Å². The molecule has 100 valence electrons. The summed E-state index contributed by atoms with van der Waals surface area (Å²) in [5.74, 6) is -0.510. The average Bonchev–Trinajstić information content (AvgIpc) is 2.32. The SMILES string of the molecule is COC(C)(C)CCOC(=O)c1cc(Cl)ncc1N. The van der Waals surface area contributed by atoms with Crippen LogP contribution >= 0.6 is 11.6 Å². The molecule has 0 spiro atoms. The topological polar surface area (TPSA) is 74.4 Å². The third-order valence-electron chi connectivity index (χ3n) is 2.61. The Bertz CT molecular complexity index is 435. The molecule has 0 aliphatic rings. The number of carbonyl (C=O) groups excluding carboxylic acids is 1. The predicted molar refractivity (Wildman–Crippen MR) is 69.6 cm³/mol. The fourth-order valence-electron chi connectivity index (χ4n) is 1.19. The summed E-state index contributed by atoms with van der Waals surface area (Å²) in [6, 6.07) is 1.39. The van der Waals surface area contributed by atoms with Crippen LogP contribution in [0, 0.1) is 0 Å². The van der Waals surface area contributed by atoms with Gasteiger partial charge in [-0.3, -0.25) is 0 Å². The van der Waals surface area contributed by atoms with Gasteiger partial charge in [0.1, 0.15) is 5.15 Å². The molecule has 1 rings (SSSR count). The number of esters is 1. The maximum Gasteiger partial charge on any atom is 0.340 e. The molecule has 1 heterocycles. The average molecular weight is 273 g/mol. The van der Waals surface area contributed by atoms with Gasteiger partial charge in [-0.25, -0.2) is 9.78 Å². The first-order valence-corrected chi connectivity index (χ1v) is 5.87. The first kappa shape index (κ1) is 14.7. The number of aromatic nitrogens is 1. The van der Waals surface area contributed by atoms with Crippen LogP contribution in [0.25, 0.3) is 0 Å². The molecule has 18 heavy (non-hydrogen) atoms. The van der Waals surface area contributed by atoms with Crippen molar-refractivity contribution in [3.8, 4) is 0 Å². The molecule has 0 fully saturated rings. The van der Waals surface area contributed by atoms with E-state index >= 15 is 0 Å². The van der Waals surface area contributed by atoms with Gasteiger partial charge in [0.05, 0.1) is 29.7 Å². The number of ether oxygens (including phenoxy) is 2. The van der Waals surface area contributed by atoms with E-state index in [9.17, 15) is 4.79 Å². The van der Waals surface area contributed by atoms with Crippen LogP contribution < -0.4 is 5.73 Å². The van der Waals surface area contributed by atoms with Gasteiger partial charge >= 0.3 is 5.97 Å². The maximum absolute atomic E-state index is 11.8. The highest BCUT2D eigenvalue weighted by Gasteiger charge is 2.18. The molecule has 0 aliphatic carbocycles. The number of nitrogens with two attached hydrogens (primary N) is 1. The minimum Gasteiger partial charge on any atom is -0.462 e.